The summed E-state index contributed by atoms with van der Waals surface area (Å²) in [6.45, 7) is 2.50. The SMILES string of the molecule is Cc1noc(C2CCN(S(=O)(=O)c3ccco3)C2)n1. The first-order valence-corrected chi connectivity index (χ1v) is 7.35. The maximum Gasteiger partial charge on any atom is 0.276 e. The van der Waals surface area contributed by atoms with Gasteiger partial charge in [0, 0.05) is 13.1 Å². The summed E-state index contributed by atoms with van der Waals surface area (Å²) in [6.07, 6.45) is 2.02. The van der Waals surface area contributed by atoms with E-state index in [2.05, 4.69) is 10.1 Å². The molecule has 1 saturated heterocycles. The van der Waals surface area contributed by atoms with Crippen LogP contribution in [0.1, 0.15) is 24.1 Å². The van der Waals surface area contributed by atoms with Crippen molar-refractivity contribution < 1.29 is 17.4 Å². The Morgan fingerprint density at radius 1 is 1.47 bits per heavy atom. The fourth-order valence-corrected chi connectivity index (χ4v) is 3.57. The Morgan fingerprint density at radius 2 is 2.32 bits per heavy atom. The molecule has 1 fully saturated rings. The molecule has 102 valence electrons. The van der Waals surface area contributed by atoms with Gasteiger partial charge >= 0.3 is 0 Å². The quantitative estimate of drug-likeness (QED) is 0.839. The highest BCUT2D eigenvalue weighted by Crippen LogP contribution is 2.30. The fraction of sp³-hybridized carbons (Fsp3) is 0.455. The highest BCUT2D eigenvalue weighted by molar-refractivity contribution is 7.89. The molecule has 0 aliphatic carbocycles. The van der Waals surface area contributed by atoms with E-state index in [1.807, 2.05) is 0 Å². The summed E-state index contributed by atoms with van der Waals surface area (Å²) in [6, 6.07) is 3.00. The van der Waals surface area contributed by atoms with E-state index in [1.165, 1.54) is 16.6 Å². The van der Waals surface area contributed by atoms with Crippen molar-refractivity contribution >= 4 is 10.0 Å². The van der Waals surface area contributed by atoms with Crippen LogP contribution in [0.15, 0.2) is 32.4 Å². The topological polar surface area (TPSA) is 89.4 Å². The van der Waals surface area contributed by atoms with Crippen molar-refractivity contribution in [3.05, 3.63) is 30.1 Å². The maximum absolute atomic E-state index is 12.2. The van der Waals surface area contributed by atoms with Gasteiger partial charge in [-0.05, 0) is 25.5 Å². The van der Waals surface area contributed by atoms with Crippen molar-refractivity contribution in [1.82, 2.24) is 14.4 Å². The molecule has 1 aliphatic rings. The monoisotopic (exact) mass is 283 g/mol. The Hall–Kier alpha value is -1.67. The Balaban J connectivity index is 1.79. The van der Waals surface area contributed by atoms with E-state index in [9.17, 15) is 8.42 Å². The average molecular weight is 283 g/mol. The highest BCUT2D eigenvalue weighted by atomic mass is 32.2. The second-order valence-corrected chi connectivity index (χ2v) is 6.33. The van der Waals surface area contributed by atoms with Gasteiger partial charge < -0.3 is 8.94 Å². The predicted octanol–water partition coefficient (Wildman–Crippen LogP) is 1.15. The zero-order chi connectivity index (χ0) is 13.5. The Kier molecular flexibility index (Phi) is 2.90. The van der Waals surface area contributed by atoms with Crippen molar-refractivity contribution in [2.45, 2.75) is 24.4 Å². The number of hydrogen-bond donors (Lipinski definition) is 0. The minimum Gasteiger partial charge on any atom is -0.452 e. The van der Waals surface area contributed by atoms with Crippen LogP contribution < -0.4 is 0 Å². The second-order valence-electron chi connectivity index (χ2n) is 4.46. The standard InChI is InChI=1S/C11H13N3O4S/c1-8-12-11(18-13-8)9-4-5-14(7-9)19(15,16)10-3-2-6-17-10/h2-3,6,9H,4-5,7H2,1H3. The molecule has 0 spiro atoms. The zero-order valence-electron chi connectivity index (χ0n) is 10.3. The van der Waals surface area contributed by atoms with Crippen LogP contribution in [-0.2, 0) is 10.0 Å². The van der Waals surface area contributed by atoms with Gasteiger partial charge in [0.05, 0.1) is 12.2 Å². The number of aryl methyl sites for hydroxylation is 1. The molecule has 0 bridgehead atoms. The Bertz CT molecular complexity index is 662. The van der Waals surface area contributed by atoms with Crippen molar-refractivity contribution in [1.29, 1.82) is 0 Å². The number of sulfonamides is 1. The summed E-state index contributed by atoms with van der Waals surface area (Å²) in [5.41, 5.74) is 0. The molecule has 8 heteroatoms. The van der Waals surface area contributed by atoms with Crippen molar-refractivity contribution in [2.24, 2.45) is 0 Å². The molecule has 3 heterocycles. The van der Waals surface area contributed by atoms with Gasteiger partial charge in [-0.1, -0.05) is 5.16 Å². The third-order valence-corrected chi connectivity index (χ3v) is 4.89. The van der Waals surface area contributed by atoms with Gasteiger partial charge in [-0.2, -0.15) is 9.29 Å². The number of nitrogens with zero attached hydrogens (tertiary/aromatic N) is 3. The van der Waals surface area contributed by atoms with Crippen LogP contribution >= 0.6 is 0 Å². The van der Waals surface area contributed by atoms with E-state index in [0.717, 1.165) is 0 Å². The van der Waals surface area contributed by atoms with Crippen molar-refractivity contribution in [2.75, 3.05) is 13.1 Å². The van der Waals surface area contributed by atoms with E-state index in [-0.39, 0.29) is 11.0 Å². The van der Waals surface area contributed by atoms with E-state index in [0.29, 0.717) is 31.2 Å². The van der Waals surface area contributed by atoms with Gasteiger partial charge in [-0.3, -0.25) is 0 Å². The van der Waals surface area contributed by atoms with Gasteiger partial charge in [-0.15, -0.1) is 0 Å². The molecule has 3 rings (SSSR count). The molecule has 19 heavy (non-hydrogen) atoms. The van der Waals surface area contributed by atoms with E-state index in [4.69, 9.17) is 8.94 Å². The molecule has 7 nitrogen and oxygen atoms in total. The number of aromatic nitrogens is 2. The van der Waals surface area contributed by atoms with Gasteiger partial charge in [0.15, 0.2) is 5.82 Å². The second kappa shape index (κ2) is 4.46. The molecular formula is C11H13N3O4S. The normalized spacial score (nSPS) is 21.0. The first kappa shape index (κ1) is 12.4. The third-order valence-electron chi connectivity index (χ3n) is 3.13. The first-order valence-electron chi connectivity index (χ1n) is 5.91. The summed E-state index contributed by atoms with van der Waals surface area (Å²) < 4.78 is 35.9. The lowest BCUT2D eigenvalue weighted by Gasteiger charge is -2.13. The van der Waals surface area contributed by atoms with E-state index < -0.39 is 10.0 Å². The molecular weight excluding hydrogens is 270 g/mol. The number of rotatable bonds is 3. The molecule has 1 atom stereocenters. The summed E-state index contributed by atoms with van der Waals surface area (Å²) >= 11 is 0. The number of furan rings is 1. The van der Waals surface area contributed by atoms with Gasteiger partial charge in [0.2, 0.25) is 11.0 Å². The molecule has 0 aromatic carbocycles. The molecule has 0 amide bonds. The lowest BCUT2D eigenvalue weighted by Crippen LogP contribution is -2.28. The molecule has 0 saturated carbocycles. The average Bonchev–Trinajstić information content (AvgIpc) is 3.10. The predicted molar refractivity (Wildman–Crippen MR) is 63.9 cm³/mol. The highest BCUT2D eigenvalue weighted by Gasteiger charge is 2.36. The summed E-state index contributed by atoms with van der Waals surface area (Å²) in [5, 5.41) is 3.69. The van der Waals surface area contributed by atoms with Crippen LogP contribution in [0.3, 0.4) is 0 Å². The number of hydrogen-bond acceptors (Lipinski definition) is 6. The minimum atomic E-state index is -3.55. The van der Waals surface area contributed by atoms with Gasteiger partial charge in [0.1, 0.15) is 0 Å². The first-order chi connectivity index (χ1) is 9.07. The van der Waals surface area contributed by atoms with Crippen molar-refractivity contribution in [3.8, 4) is 0 Å². The van der Waals surface area contributed by atoms with Crippen LogP contribution in [0.2, 0.25) is 0 Å². The molecule has 2 aromatic heterocycles. The van der Waals surface area contributed by atoms with E-state index in [1.54, 1.807) is 13.0 Å². The molecule has 2 aromatic rings. The summed E-state index contributed by atoms with van der Waals surface area (Å²) in [7, 11) is -3.55. The van der Waals surface area contributed by atoms with Crippen LogP contribution in [0.25, 0.3) is 0 Å². The molecule has 0 radical (unpaired) electrons. The van der Waals surface area contributed by atoms with Gasteiger partial charge in [0.25, 0.3) is 10.0 Å². The minimum absolute atomic E-state index is 0.0325. The smallest absolute Gasteiger partial charge is 0.276 e. The third kappa shape index (κ3) is 2.17. The fourth-order valence-electron chi connectivity index (χ4n) is 2.16. The van der Waals surface area contributed by atoms with Gasteiger partial charge in [-0.25, -0.2) is 8.42 Å². The van der Waals surface area contributed by atoms with Crippen molar-refractivity contribution in [3.63, 3.8) is 0 Å². The van der Waals surface area contributed by atoms with Crippen LogP contribution in [0, 0.1) is 6.92 Å². The molecule has 1 unspecified atom stereocenters. The summed E-state index contributed by atoms with van der Waals surface area (Å²) in [4.78, 5) is 4.15. The lowest BCUT2D eigenvalue weighted by atomic mass is 10.1. The largest absolute Gasteiger partial charge is 0.452 e. The Morgan fingerprint density at radius 3 is 2.95 bits per heavy atom. The van der Waals surface area contributed by atoms with E-state index >= 15 is 0 Å². The lowest BCUT2D eigenvalue weighted by molar-refractivity contribution is 0.350. The maximum atomic E-state index is 12.2. The van der Waals surface area contributed by atoms with Crippen LogP contribution in [-0.4, -0.2) is 36.0 Å². The Labute approximate surface area is 110 Å². The molecule has 1 aliphatic heterocycles. The van der Waals surface area contributed by atoms with Crippen LogP contribution in [0.5, 0.6) is 0 Å². The zero-order valence-corrected chi connectivity index (χ0v) is 11.1. The van der Waals surface area contributed by atoms with Crippen LogP contribution in [0.4, 0.5) is 0 Å². The molecule has 0 N–H and O–H groups in total. The summed E-state index contributed by atoms with van der Waals surface area (Å²) in [5.74, 6) is 1.00.